The Bertz CT molecular complexity index is 1690. The predicted molar refractivity (Wildman–Crippen MR) is 154 cm³/mol. The van der Waals surface area contributed by atoms with Crippen molar-refractivity contribution < 1.29 is 0 Å². The van der Waals surface area contributed by atoms with Gasteiger partial charge in [0.25, 0.3) is 5.56 Å². The molecule has 1 atom stereocenters. The van der Waals surface area contributed by atoms with Crippen LogP contribution in [0.3, 0.4) is 0 Å². The molecule has 0 aliphatic carbocycles. The van der Waals surface area contributed by atoms with E-state index in [1.165, 1.54) is 0 Å². The molecule has 0 amide bonds. The lowest BCUT2D eigenvalue weighted by Gasteiger charge is -2.27. The summed E-state index contributed by atoms with van der Waals surface area (Å²) in [6.45, 7) is 1.94. The van der Waals surface area contributed by atoms with Gasteiger partial charge in [-0.1, -0.05) is 66.9 Å². The molecule has 5 aromatic rings. The van der Waals surface area contributed by atoms with Crippen LogP contribution in [0.2, 0.25) is 10.3 Å². The van der Waals surface area contributed by atoms with E-state index in [2.05, 4.69) is 9.97 Å². The van der Waals surface area contributed by atoms with Gasteiger partial charge in [-0.3, -0.25) is 9.36 Å². The maximum atomic E-state index is 14.2. The highest BCUT2D eigenvalue weighted by atomic mass is 35.5. The van der Waals surface area contributed by atoms with Crippen molar-refractivity contribution in [2.45, 2.75) is 13.0 Å². The number of thiol groups is 1. The van der Waals surface area contributed by atoms with Crippen molar-refractivity contribution >= 4 is 47.5 Å². The van der Waals surface area contributed by atoms with Gasteiger partial charge in [0, 0.05) is 22.3 Å². The Kier molecular flexibility index (Phi) is 6.41. The van der Waals surface area contributed by atoms with E-state index in [0.717, 1.165) is 16.8 Å². The van der Waals surface area contributed by atoms with Crippen LogP contribution in [0.5, 0.6) is 0 Å². The standard InChI is InChI=1S/C28H20Cl2N6OS/c1-17-24-26(35(36(17)38)22-5-3-2-4-6-22)33-25(34(27(24)37)21-13-11-20(29)12-14-21)19-9-7-18(8-10-19)23-15-16-31-28(30)32-23/h2-17,38H,1H3. The van der Waals surface area contributed by atoms with Gasteiger partial charge in [-0.25, -0.2) is 20.0 Å². The fraction of sp³-hybridized carbons (Fsp3) is 0.0714. The Labute approximate surface area is 234 Å². The maximum Gasteiger partial charge on any atom is 0.265 e. The summed E-state index contributed by atoms with van der Waals surface area (Å²) >= 11 is 16.9. The van der Waals surface area contributed by atoms with Gasteiger partial charge in [0.2, 0.25) is 5.28 Å². The van der Waals surface area contributed by atoms with Crippen LogP contribution in [-0.4, -0.2) is 23.9 Å². The van der Waals surface area contributed by atoms with Crippen molar-refractivity contribution in [2.24, 2.45) is 0 Å². The summed E-state index contributed by atoms with van der Waals surface area (Å²) in [5.74, 6) is 1.02. The molecule has 7 nitrogen and oxygen atoms in total. The van der Waals surface area contributed by atoms with Gasteiger partial charge in [0.15, 0.2) is 5.82 Å². The van der Waals surface area contributed by atoms with Gasteiger partial charge < -0.3 is 0 Å². The molecule has 1 unspecified atom stereocenters. The molecule has 1 aliphatic heterocycles. The molecule has 0 radical (unpaired) electrons. The van der Waals surface area contributed by atoms with Crippen molar-refractivity contribution in [3.05, 3.63) is 117 Å². The number of para-hydroxylation sites is 1. The van der Waals surface area contributed by atoms with E-state index in [-0.39, 0.29) is 16.9 Å². The van der Waals surface area contributed by atoms with Gasteiger partial charge in [0.1, 0.15) is 5.82 Å². The topological polar surface area (TPSA) is 67.2 Å². The molecular formula is C28H20Cl2N6OS. The monoisotopic (exact) mass is 558 g/mol. The van der Waals surface area contributed by atoms with Crippen LogP contribution in [0.25, 0.3) is 28.3 Å². The van der Waals surface area contributed by atoms with Crippen LogP contribution in [0.15, 0.2) is 95.9 Å². The first-order valence-corrected chi connectivity index (χ1v) is 12.9. The zero-order valence-corrected chi connectivity index (χ0v) is 22.4. The summed E-state index contributed by atoms with van der Waals surface area (Å²) in [5.41, 5.74) is 4.20. The molecule has 1 aliphatic rings. The third-order valence-corrected chi connectivity index (χ3v) is 7.38. The average molecular weight is 559 g/mol. The lowest BCUT2D eigenvalue weighted by molar-refractivity contribution is 0.428. The number of rotatable bonds is 4. The summed E-state index contributed by atoms with van der Waals surface area (Å²) in [5, 5.41) is 2.61. The van der Waals surface area contributed by atoms with E-state index < -0.39 is 0 Å². The first-order chi connectivity index (χ1) is 18.4. The Hall–Kier alpha value is -3.69. The lowest BCUT2D eigenvalue weighted by atomic mass is 10.1. The molecule has 6 rings (SSSR count). The normalized spacial score (nSPS) is 15.1. The van der Waals surface area contributed by atoms with E-state index in [0.29, 0.717) is 33.6 Å². The van der Waals surface area contributed by atoms with Gasteiger partial charge in [-0.15, -0.1) is 0 Å². The fourth-order valence-electron chi connectivity index (χ4n) is 4.55. The van der Waals surface area contributed by atoms with Crippen LogP contribution in [-0.2, 0) is 0 Å². The van der Waals surface area contributed by atoms with Crippen LogP contribution in [0.1, 0.15) is 18.5 Å². The number of hydrogen-bond acceptors (Lipinski definition) is 7. The molecule has 0 spiro atoms. The number of benzene rings is 3. The number of fused-ring (bicyclic) bond motifs is 1. The third kappa shape index (κ3) is 4.25. The molecule has 188 valence electrons. The maximum absolute atomic E-state index is 14.2. The average Bonchev–Trinajstić information content (AvgIpc) is 3.19. The lowest BCUT2D eigenvalue weighted by Crippen LogP contribution is -2.27. The van der Waals surface area contributed by atoms with Crippen LogP contribution in [0, 0.1) is 0 Å². The molecule has 0 saturated carbocycles. The Balaban J connectivity index is 1.57. The highest BCUT2D eigenvalue weighted by Gasteiger charge is 2.38. The summed E-state index contributed by atoms with van der Waals surface area (Å²) in [7, 11) is 0. The highest BCUT2D eigenvalue weighted by Crippen LogP contribution is 2.43. The van der Waals surface area contributed by atoms with Gasteiger partial charge >= 0.3 is 0 Å². The zero-order chi connectivity index (χ0) is 26.4. The zero-order valence-electron chi connectivity index (χ0n) is 20.0. The Morgan fingerprint density at radius 1 is 0.816 bits per heavy atom. The van der Waals surface area contributed by atoms with Crippen molar-refractivity contribution in [2.75, 3.05) is 5.01 Å². The predicted octanol–water partition coefficient (Wildman–Crippen LogP) is 6.94. The first kappa shape index (κ1) is 24.6. The highest BCUT2D eigenvalue weighted by molar-refractivity contribution is 7.77. The van der Waals surface area contributed by atoms with E-state index in [4.69, 9.17) is 41.0 Å². The molecule has 0 bridgehead atoms. The SMILES string of the molecule is CC1c2c(nc(-c3ccc(-c4ccnc(Cl)n4)cc3)n(-c3ccc(Cl)cc3)c2=O)N(c2ccccc2)N1S. The van der Waals surface area contributed by atoms with Crippen molar-refractivity contribution in [3.8, 4) is 28.3 Å². The molecule has 2 aromatic heterocycles. The van der Waals surface area contributed by atoms with Gasteiger partial charge in [0.05, 0.1) is 28.7 Å². The first-order valence-electron chi connectivity index (χ1n) is 11.8. The number of hydrazine groups is 1. The smallest absolute Gasteiger partial charge is 0.265 e. The molecular weight excluding hydrogens is 539 g/mol. The minimum atomic E-state index is -0.314. The minimum Gasteiger partial charge on any atom is -0.268 e. The Morgan fingerprint density at radius 3 is 2.18 bits per heavy atom. The second-order valence-corrected chi connectivity index (χ2v) is 9.91. The third-order valence-electron chi connectivity index (χ3n) is 6.42. The van der Waals surface area contributed by atoms with Crippen LogP contribution >= 0.6 is 36.0 Å². The van der Waals surface area contributed by atoms with Crippen LogP contribution < -0.4 is 10.6 Å². The molecule has 0 fully saturated rings. The summed E-state index contributed by atoms with van der Waals surface area (Å²) < 4.78 is 3.35. The molecule has 3 heterocycles. The van der Waals surface area contributed by atoms with E-state index in [9.17, 15) is 4.79 Å². The molecule has 10 heteroatoms. The van der Waals surface area contributed by atoms with Crippen molar-refractivity contribution in [1.82, 2.24) is 23.9 Å². The van der Waals surface area contributed by atoms with Crippen LogP contribution in [0.4, 0.5) is 11.5 Å². The second kappa shape index (κ2) is 9.89. The molecule has 0 saturated heterocycles. The minimum absolute atomic E-state index is 0.176. The quantitative estimate of drug-likeness (QED) is 0.190. The van der Waals surface area contributed by atoms with Gasteiger partial charge in [-0.05, 0) is 61.0 Å². The van der Waals surface area contributed by atoms with Crippen molar-refractivity contribution in [3.63, 3.8) is 0 Å². The second-order valence-electron chi connectivity index (χ2n) is 8.72. The largest absolute Gasteiger partial charge is 0.268 e. The Morgan fingerprint density at radius 2 is 1.50 bits per heavy atom. The van der Waals surface area contributed by atoms with Gasteiger partial charge in [-0.2, -0.15) is 4.41 Å². The van der Waals surface area contributed by atoms with E-state index >= 15 is 0 Å². The number of halogens is 2. The number of hydrogen-bond donors (Lipinski definition) is 1. The summed E-state index contributed by atoms with van der Waals surface area (Å²) in [4.78, 5) is 27.5. The number of nitrogens with zero attached hydrogens (tertiary/aromatic N) is 6. The molecule has 0 N–H and O–H groups in total. The van der Waals surface area contributed by atoms with E-state index in [1.807, 2.05) is 78.7 Å². The molecule has 3 aromatic carbocycles. The number of aromatic nitrogens is 4. The summed E-state index contributed by atoms with van der Waals surface area (Å²) in [6.07, 6.45) is 1.61. The fourth-order valence-corrected chi connectivity index (χ4v) is 5.13. The molecule has 38 heavy (non-hydrogen) atoms. The number of anilines is 2. The van der Waals surface area contributed by atoms with Crippen molar-refractivity contribution in [1.29, 1.82) is 0 Å². The van der Waals surface area contributed by atoms with E-state index in [1.54, 1.807) is 33.4 Å². The summed E-state index contributed by atoms with van der Waals surface area (Å²) in [6, 6.07) is 26.0.